The second-order valence-electron chi connectivity index (χ2n) is 4.72. The Morgan fingerprint density at radius 2 is 2.05 bits per heavy atom. The molecule has 1 unspecified atom stereocenters. The Kier molecular flexibility index (Phi) is 7.34. The van der Waals surface area contributed by atoms with Gasteiger partial charge in [-0.1, -0.05) is 15.9 Å². The third kappa shape index (κ3) is 5.76. The first-order valence-corrected chi connectivity index (χ1v) is 8.06. The van der Waals surface area contributed by atoms with Crippen LogP contribution in [0.2, 0.25) is 0 Å². The van der Waals surface area contributed by atoms with E-state index in [0.29, 0.717) is 33.0 Å². The van der Waals surface area contributed by atoms with E-state index in [1.807, 2.05) is 6.92 Å². The van der Waals surface area contributed by atoms with Gasteiger partial charge in [-0.25, -0.2) is 4.79 Å². The Bertz CT molecular complexity index is 533. The molecule has 1 aromatic carbocycles. The normalized spacial score (nSPS) is 11.9. The lowest BCUT2D eigenvalue weighted by molar-refractivity contribution is -0.116. The predicted octanol–water partition coefficient (Wildman–Crippen LogP) is 3.45. The van der Waals surface area contributed by atoms with Crippen molar-refractivity contribution in [2.45, 2.75) is 32.2 Å². The van der Waals surface area contributed by atoms with Crippen molar-refractivity contribution in [3.05, 3.63) is 26.6 Å². The molecule has 5 nitrogen and oxygen atoms in total. The first-order valence-electron chi connectivity index (χ1n) is 6.48. The molecule has 0 saturated heterocycles. The van der Waals surface area contributed by atoms with Crippen molar-refractivity contribution in [2.24, 2.45) is 5.73 Å². The minimum absolute atomic E-state index is 0.0721. The topological polar surface area (TPSA) is 81.4 Å². The Morgan fingerprint density at radius 1 is 1.38 bits per heavy atom. The third-order valence-electron chi connectivity index (χ3n) is 2.79. The Hall–Kier alpha value is -0.920. The molecule has 0 bridgehead atoms. The summed E-state index contributed by atoms with van der Waals surface area (Å²) in [6.07, 6.45) is 1.83. The SMILES string of the molecule is COC(=O)c1cc(Br)cc(Br)c1NC(=O)CCCC(C)N. The van der Waals surface area contributed by atoms with Crippen molar-refractivity contribution in [1.82, 2.24) is 0 Å². The van der Waals surface area contributed by atoms with E-state index in [1.54, 1.807) is 12.1 Å². The van der Waals surface area contributed by atoms with E-state index < -0.39 is 5.97 Å². The molecule has 0 heterocycles. The summed E-state index contributed by atoms with van der Waals surface area (Å²) in [5.74, 6) is -0.674. The van der Waals surface area contributed by atoms with Gasteiger partial charge in [0.05, 0.1) is 18.4 Å². The van der Waals surface area contributed by atoms with Crippen molar-refractivity contribution in [1.29, 1.82) is 0 Å². The van der Waals surface area contributed by atoms with Crippen LogP contribution in [0, 0.1) is 0 Å². The molecule has 1 rings (SSSR count). The smallest absolute Gasteiger partial charge is 0.340 e. The van der Waals surface area contributed by atoms with Gasteiger partial charge in [0, 0.05) is 21.4 Å². The number of nitrogens with one attached hydrogen (secondary N) is 1. The molecule has 21 heavy (non-hydrogen) atoms. The van der Waals surface area contributed by atoms with Gasteiger partial charge in [-0.3, -0.25) is 4.79 Å². The van der Waals surface area contributed by atoms with E-state index in [1.165, 1.54) is 7.11 Å². The second-order valence-corrected chi connectivity index (χ2v) is 6.49. The van der Waals surface area contributed by atoms with Crippen LogP contribution >= 0.6 is 31.9 Å². The Morgan fingerprint density at radius 3 is 2.62 bits per heavy atom. The number of esters is 1. The third-order valence-corrected chi connectivity index (χ3v) is 3.87. The molecule has 0 spiro atoms. The standard InChI is InChI=1S/C14H18Br2N2O3/c1-8(17)4-3-5-12(19)18-13-10(14(20)21-2)6-9(15)7-11(13)16/h6-8H,3-5,17H2,1-2H3,(H,18,19). The van der Waals surface area contributed by atoms with Crippen molar-refractivity contribution in [3.63, 3.8) is 0 Å². The second kappa shape index (κ2) is 8.51. The summed E-state index contributed by atoms with van der Waals surface area (Å²) in [4.78, 5) is 23.7. The van der Waals surface area contributed by atoms with E-state index in [4.69, 9.17) is 10.5 Å². The predicted molar refractivity (Wildman–Crippen MR) is 89.3 cm³/mol. The largest absolute Gasteiger partial charge is 0.465 e. The summed E-state index contributed by atoms with van der Waals surface area (Å²) in [6.45, 7) is 1.90. The van der Waals surface area contributed by atoms with Crippen molar-refractivity contribution < 1.29 is 14.3 Å². The number of amides is 1. The number of carbonyl (C=O) groups is 2. The molecule has 0 aromatic heterocycles. The van der Waals surface area contributed by atoms with Crippen LogP contribution < -0.4 is 11.1 Å². The number of nitrogens with two attached hydrogens (primary N) is 1. The highest BCUT2D eigenvalue weighted by atomic mass is 79.9. The van der Waals surface area contributed by atoms with Crippen molar-refractivity contribution in [2.75, 3.05) is 12.4 Å². The summed E-state index contributed by atoms with van der Waals surface area (Å²) in [5, 5.41) is 2.75. The fourth-order valence-electron chi connectivity index (χ4n) is 1.76. The molecule has 1 amide bonds. The number of halogens is 2. The molecule has 0 aliphatic rings. The number of benzene rings is 1. The minimum Gasteiger partial charge on any atom is -0.465 e. The zero-order valence-corrected chi connectivity index (χ0v) is 15.1. The maximum absolute atomic E-state index is 12.0. The monoisotopic (exact) mass is 420 g/mol. The quantitative estimate of drug-likeness (QED) is 0.689. The fourth-order valence-corrected chi connectivity index (χ4v) is 3.08. The molecule has 0 aliphatic heterocycles. The number of methoxy groups -OCH3 is 1. The van der Waals surface area contributed by atoms with Crippen LogP contribution in [-0.2, 0) is 9.53 Å². The molecule has 0 radical (unpaired) electrons. The number of rotatable bonds is 6. The summed E-state index contributed by atoms with van der Waals surface area (Å²) in [5.41, 5.74) is 6.35. The number of ether oxygens (including phenoxy) is 1. The van der Waals surface area contributed by atoms with Crippen LogP contribution in [0.4, 0.5) is 5.69 Å². The first-order chi connectivity index (χ1) is 9.85. The summed E-state index contributed by atoms with van der Waals surface area (Å²) >= 11 is 6.65. The highest BCUT2D eigenvalue weighted by Gasteiger charge is 2.18. The van der Waals surface area contributed by atoms with Gasteiger partial charge in [-0.15, -0.1) is 0 Å². The maximum atomic E-state index is 12.0. The lowest BCUT2D eigenvalue weighted by atomic mass is 10.1. The van der Waals surface area contributed by atoms with Gasteiger partial charge in [0.1, 0.15) is 0 Å². The lowest BCUT2D eigenvalue weighted by Gasteiger charge is -2.13. The first kappa shape index (κ1) is 18.1. The van der Waals surface area contributed by atoms with Gasteiger partial charge in [-0.05, 0) is 47.8 Å². The van der Waals surface area contributed by atoms with Crippen LogP contribution in [0.5, 0.6) is 0 Å². The van der Waals surface area contributed by atoms with E-state index in [-0.39, 0.29) is 11.9 Å². The highest BCUT2D eigenvalue weighted by molar-refractivity contribution is 9.11. The van der Waals surface area contributed by atoms with E-state index in [9.17, 15) is 9.59 Å². The van der Waals surface area contributed by atoms with Crippen molar-refractivity contribution >= 4 is 49.4 Å². The van der Waals surface area contributed by atoms with Gasteiger partial charge < -0.3 is 15.8 Å². The van der Waals surface area contributed by atoms with E-state index in [2.05, 4.69) is 37.2 Å². The molecule has 0 aliphatic carbocycles. The molecule has 0 fully saturated rings. The molecular formula is C14H18Br2N2O3. The van der Waals surface area contributed by atoms with Crippen molar-refractivity contribution in [3.8, 4) is 0 Å². The van der Waals surface area contributed by atoms with Crippen LogP contribution in [0.25, 0.3) is 0 Å². The number of hydrogen-bond acceptors (Lipinski definition) is 4. The van der Waals surface area contributed by atoms with Crippen LogP contribution in [-0.4, -0.2) is 25.0 Å². The van der Waals surface area contributed by atoms with Gasteiger partial charge in [0.25, 0.3) is 0 Å². The summed E-state index contributed by atoms with van der Waals surface area (Å²) in [7, 11) is 1.30. The number of carbonyl (C=O) groups excluding carboxylic acids is 2. The molecule has 116 valence electrons. The lowest BCUT2D eigenvalue weighted by Crippen LogP contribution is -2.18. The zero-order valence-electron chi connectivity index (χ0n) is 11.9. The highest BCUT2D eigenvalue weighted by Crippen LogP contribution is 2.31. The van der Waals surface area contributed by atoms with Gasteiger partial charge in [-0.2, -0.15) is 0 Å². The molecule has 7 heteroatoms. The molecule has 3 N–H and O–H groups in total. The van der Waals surface area contributed by atoms with Gasteiger partial charge in [0.15, 0.2) is 0 Å². The van der Waals surface area contributed by atoms with Crippen LogP contribution in [0.1, 0.15) is 36.5 Å². The number of anilines is 1. The maximum Gasteiger partial charge on any atom is 0.340 e. The molecule has 0 saturated carbocycles. The zero-order chi connectivity index (χ0) is 16.0. The Labute approximate surface area is 140 Å². The number of hydrogen-bond donors (Lipinski definition) is 2. The summed E-state index contributed by atoms with van der Waals surface area (Å²) in [6, 6.07) is 3.43. The average molecular weight is 422 g/mol. The summed E-state index contributed by atoms with van der Waals surface area (Å²) < 4.78 is 6.05. The molecule has 1 atom stereocenters. The van der Waals surface area contributed by atoms with Gasteiger partial charge >= 0.3 is 5.97 Å². The molecular weight excluding hydrogens is 404 g/mol. The van der Waals surface area contributed by atoms with Crippen LogP contribution in [0.15, 0.2) is 21.1 Å². The Balaban J connectivity index is 2.86. The van der Waals surface area contributed by atoms with E-state index >= 15 is 0 Å². The van der Waals surface area contributed by atoms with Crippen LogP contribution in [0.3, 0.4) is 0 Å². The fraction of sp³-hybridized carbons (Fsp3) is 0.429. The average Bonchev–Trinajstić information content (AvgIpc) is 2.40. The van der Waals surface area contributed by atoms with Gasteiger partial charge in [0.2, 0.25) is 5.91 Å². The van der Waals surface area contributed by atoms with E-state index in [0.717, 1.165) is 6.42 Å². The minimum atomic E-state index is -0.511. The molecule has 1 aromatic rings.